The maximum absolute atomic E-state index is 13.5. The van der Waals surface area contributed by atoms with Gasteiger partial charge in [-0.15, -0.1) is 0 Å². The van der Waals surface area contributed by atoms with E-state index in [1.54, 1.807) is 30.0 Å². The zero-order chi connectivity index (χ0) is 20.4. The van der Waals surface area contributed by atoms with E-state index in [1.165, 1.54) is 4.90 Å². The quantitative estimate of drug-likeness (QED) is 0.733. The van der Waals surface area contributed by atoms with Crippen molar-refractivity contribution in [2.75, 3.05) is 17.3 Å². The van der Waals surface area contributed by atoms with E-state index >= 15 is 0 Å². The Morgan fingerprint density at radius 2 is 1.93 bits per heavy atom. The van der Waals surface area contributed by atoms with E-state index in [4.69, 9.17) is 11.6 Å². The van der Waals surface area contributed by atoms with Gasteiger partial charge in [-0.05, 0) is 57.4 Å². The molecule has 1 aromatic rings. The second-order valence-electron chi connectivity index (χ2n) is 8.67. The van der Waals surface area contributed by atoms with Gasteiger partial charge in [-0.1, -0.05) is 11.6 Å². The van der Waals surface area contributed by atoms with Crippen LogP contribution in [0.1, 0.15) is 32.8 Å². The molecule has 0 saturated carbocycles. The Labute approximate surface area is 173 Å². The number of hydrogen-bond acceptors (Lipinski definition) is 5. The molecular formula is C20H24ClN3O3S. The van der Waals surface area contributed by atoms with Gasteiger partial charge in [0.05, 0.1) is 11.8 Å². The smallest absolute Gasteiger partial charge is 0.250 e. The lowest BCUT2D eigenvalue weighted by Crippen LogP contribution is -2.55. The van der Waals surface area contributed by atoms with E-state index in [2.05, 4.69) is 10.6 Å². The van der Waals surface area contributed by atoms with E-state index in [0.29, 0.717) is 22.7 Å². The molecule has 0 bridgehead atoms. The fraction of sp³-hybridized carbons (Fsp3) is 0.550. The number of amides is 3. The molecule has 3 aliphatic rings. The minimum absolute atomic E-state index is 0.193. The van der Waals surface area contributed by atoms with Crippen molar-refractivity contribution in [1.82, 2.24) is 10.2 Å². The normalized spacial score (nSPS) is 31.5. The number of fused-ring (bicyclic) bond motifs is 4. The van der Waals surface area contributed by atoms with Crippen molar-refractivity contribution in [3.8, 4) is 0 Å². The van der Waals surface area contributed by atoms with Crippen LogP contribution >= 0.6 is 23.4 Å². The number of nitrogens with one attached hydrogen (secondary N) is 2. The van der Waals surface area contributed by atoms with Crippen LogP contribution in [-0.2, 0) is 19.9 Å². The van der Waals surface area contributed by atoms with Gasteiger partial charge in [0.2, 0.25) is 17.7 Å². The van der Waals surface area contributed by atoms with Crippen LogP contribution in [0.4, 0.5) is 5.69 Å². The van der Waals surface area contributed by atoms with Crippen LogP contribution in [-0.4, -0.2) is 46.2 Å². The Kier molecular flexibility index (Phi) is 4.56. The molecule has 1 spiro atoms. The highest BCUT2D eigenvalue weighted by Gasteiger charge is 2.71. The molecule has 6 nitrogen and oxygen atoms in total. The van der Waals surface area contributed by atoms with Gasteiger partial charge in [-0.25, -0.2) is 0 Å². The van der Waals surface area contributed by atoms with Crippen LogP contribution in [0.5, 0.6) is 0 Å². The SMILES string of the molecule is CSCC[C@H]1N[C@@]2(C(=O)Nc3ccc(Cl)cc32)[C@@H]2C(=O)N(C(C)(C)C)C(=O)[C@H]21. The van der Waals surface area contributed by atoms with Crippen molar-refractivity contribution in [1.29, 1.82) is 0 Å². The number of benzene rings is 1. The summed E-state index contributed by atoms with van der Waals surface area (Å²) in [6.45, 7) is 5.54. The predicted molar refractivity (Wildman–Crippen MR) is 110 cm³/mol. The summed E-state index contributed by atoms with van der Waals surface area (Å²) in [4.78, 5) is 41.4. The molecule has 3 amide bonds. The minimum Gasteiger partial charge on any atom is -0.324 e. The maximum Gasteiger partial charge on any atom is 0.250 e. The van der Waals surface area contributed by atoms with Crippen LogP contribution in [0.3, 0.4) is 0 Å². The van der Waals surface area contributed by atoms with Gasteiger partial charge in [0.1, 0.15) is 5.54 Å². The summed E-state index contributed by atoms with van der Waals surface area (Å²) >= 11 is 7.91. The molecule has 0 aromatic heterocycles. The number of thioether (sulfide) groups is 1. The number of carbonyl (C=O) groups excluding carboxylic acids is 3. The van der Waals surface area contributed by atoms with Crippen molar-refractivity contribution in [3.05, 3.63) is 28.8 Å². The second kappa shape index (κ2) is 6.47. The molecule has 28 heavy (non-hydrogen) atoms. The number of rotatable bonds is 3. The Bertz CT molecular complexity index is 884. The van der Waals surface area contributed by atoms with Crippen LogP contribution in [0.25, 0.3) is 0 Å². The molecule has 150 valence electrons. The molecule has 0 radical (unpaired) electrons. The van der Waals surface area contributed by atoms with Gasteiger partial charge >= 0.3 is 0 Å². The molecule has 3 aliphatic heterocycles. The van der Waals surface area contributed by atoms with E-state index in [9.17, 15) is 14.4 Å². The van der Waals surface area contributed by atoms with Crippen LogP contribution < -0.4 is 10.6 Å². The molecule has 3 heterocycles. The molecular weight excluding hydrogens is 398 g/mol. The first-order chi connectivity index (χ1) is 13.1. The predicted octanol–water partition coefficient (Wildman–Crippen LogP) is 2.61. The highest BCUT2D eigenvalue weighted by Crippen LogP contribution is 2.54. The third-order valence-corrected chi connectivity index (χ3v) is 6.86. The largest absolute Gasteiger partial charge is 0.324 e. The number of halogens is 1. The second-order valence-corrected chi connectivity index (χ2v) is 10.1. The molecule has 0 unspecified atom stereocenters. The summed E-state index contributed by atoms with van der Waals surface area (Å²) in [7, 11) is 0. The third-order valence-electron chi connectivity index (χ3n) is 5.98. The lowest BCUT2D eigenvalue weighted by molar-refractivity contribution is -0.147. The lowest BCUT2D eigenvalue weighted by atomic mass is 9.76. The number of hydrogen-bond donors (Lipinski definition) is 2. The summed E-state index contributed by atoms with van der Waals surface area (Å²) < 4.78 is 0. The number of anilines is 1. The zero-order valence-electron chi connectivity index (χ0n) is 16.3. The van der Waals surface area contributed by atoms with E-state index < -0.39 is 22.9 Å². The lowest BCUT2D eigenvalue weighted by Gasteiger charge is -2.34. The van der Waals surface area contributed by atoms with Gasteiger partial charge in [0, 0.05) is 27.9 Å². The van der Waals surface area contributed by atoms with E-state index in [1.807, 2.05) is 27.0 Å². The van der Waals surface area contributed by atoms with Crippen molar-refractivity contribution in [2.45, 2.75) is 44.3 Å². The van der Waals surface area contributed by atoms with Crippen molar-refractivity contribution in [2.24, 2.45) is 11.8 Å². The molecule has 2 N–H and O–H groups in total. The van der Waals surface area contributed by atoms with Crippen molar-refractivity contribution >= 4 is 46.8 Å². The van der Waals surface area contributed by atoms with Crippen molar-refractivity contribution < 1.29 is 14.4 Å². The average Bonchev–Trinajstić information content (AvgIpc) is 3.18. The molecule has 4 atom stereocenters. The summed E-state index contributed by atoms with van der Waals surface area (Å²) in [5.41, 5.74) is -0.610. The Morgan fingerprint density at radius 3 is 2.57 bits per heavy atom. The molecule has 4 rings (SSSR count). The first-order valence-electron chi connectivity index (χ1n) is 9.39. The molecule has 2 saturated heterocycles. The van der Waals surface area contributed by atoms with Gasteiger partial charge in [-0.2, -0.15) is 11.8 Å². The van der Waals surface area contributed by atoms with E-state index in [0.717, 1.165) is 5.75 Å². The fourth-order valence-corrected chi connectivity index (χ4v) is 5.59. The molecule has 2 fully saturated rings. The summed E-state index contributed by atoms with van der Waals surface area (Å²) in [6, 6.07) is 4.93. The highest BCUT2D eigenvalue weighted by molar-refractivity contribution is 7.98. The molecule has 0 aliphatic carbocycles. The van der Waals surface area contributed by atoms with Gasteiger partial charge in [0.15, 0.2) is 0 Å². The van der Waals surface area contributed by atoms with Crippen LogP contribution in [0.2, 0.25) is 5.02 Å². The summed E-state index contributed by atoms with van der Waals surface area (Å²) in [5.74, 6) is -1.27. The number of imide groups is 1. The fourth-order valence-electron chi connectivity index (χ4n) is 4.93. The number of nitrogens with zero attached hydrogens (tertiary/aromatic N) is 1. The van der Waals surface area contributed by atoms with Gasteiger partial charge in [0.25, 0.3) is 0 Å². The van der Waals surface area contributed by atoms with Crippen molar-refractivity contribution in [3.63, 3.8) is 0 Å². The first kappa shape index (κ1) is 19.7. The molecule has 1 aromatic carbocycles. The minimum atomic E-state index is -1.26. The average molecular weight is 422 g/mol. The van der Waals surface area contributed by atoms with E-state index in [-0.39, 0.29) is 23.8 Å². The summed E-state index contributed by atoms with van der Waals surface area (Å²) in [5, 5.41) is 6.80. The number of likely N-dealkylation sites (tertiary alicyclic amines) is 1. The summed E-state index contributed by atoms with van der Waals surface area (Å²) in [6.07, 6.45) is 2.70. The monoisotopic (exact) mass is 421 g/mol. The highest BCUT2D eigenvalue weighted by atomic mass is 35.5. The Hall–Kier alpha value is -1.57. The van der Waals surface area contributed by atoms with Gasteiger partial charge in [-0.3, -0.25) is 24.6 Å². The first-order valence-corrected chi connectivity index (χ1v) is 11.2. The van der Waals surface area contributed by atoms with Crippen LogP contribution in [0.15, 0.2) is 18.2 Å². The third kappa shape index (κ3) is 2.56. The zero-order valence-corrected chi connectivity index (χ0v) is 17.9. The molecule has 8 heteroatoms. The topological polar surface area (TPSA) is 78.5 Å². The Morgan fingerprint density at radius 1 is 1.21 bits per heavy atom. The number of carbonyl (C=O) groups is 3. The standard InChI is InChI=1S/C20H24ClN3O3S/c1-19(2,3)24-16(25)14-13(7-8-28-4)23-20(15(14)17(24)26)11-9-10(21)5-6-12(11)22-18(20)27/h5-6,9,13-15,23H,7-8H2,1-4H3,(H,22,27)/t13-,14+,15+,20-/m1/s1. The Balaban J connectivity index is 1.89. The maximum atomic E-state index is 13.5. The van der Waals surface area contributed by atoms with Gasteiger partial charge < -0.3 is 5.32 Å². The van der Waals surface area contributed by atoms with Crippen LogP contribution in [0, 0.1) is 11.8 Å².